The molecule has 2 saturated heterocycles. The fourth-order valence-corrected chi connectivity index (χ4v) is 7.63. The minimum atomic E-state index is -1.12. The number of nitrogens with zero attached hydrogens (tertiary/aromatic N) is 2. The quantitative estimate of drug-likeness (QED) is 0.158. The monoisotopic (exact) mass is 539 g/mol. The zero-order chi connectivity index (χ0) is 26.6. The summed E-state index contributed by atoms with van der Waals surface area (Å²) in [6.45, 7) is 4.20. The van der Waals surface area contributed by atoms with E-state index in [2.05, 4.69) is 10.6 Å². The molecule has 0 aromatic heterocycles. The van der Waals surface area contributed by atoms with Crippen LogP contribution < -0.4 is 16.4 Å². The van der Waals surface area contributed by atoms with E-state index >= 15 is 0 Å². The van der Waals surface area contributed by atoms with E-state index in [1.165, 1.54) is 16.7 Å². The lowest BCUT2D eigenvalue weighted by atomic mass is 9.79. The van der Waals surface area contributed by atoms with Crippen molar-refractivity contribution in [2.45, 2.75) is 69.0 Å². The molecule has 0 bridgehead atoms. The molecule has 3 aliphatic rings. The van der Waals surface area contributed by atoms with Crippen LogP contribution in [0.2, 0.25) is 0 Å². The van der Waals surface area contributed by atoms with Gasteiger partial charge in [-0.2, -0.15) is 17.0 Å². The molecule has 198 valence electrons. The molecule has 0 spiro atoms. The van der Waals surface area contributed by atoms with Crippen LogP contribution in [-0.4, -0.2) is 86.3 Å². The molecule has 36 heavy (non-hydrogen) atoms. The van der Waals surface area contributed by atoms with Crippen LogP contribution in [0.25, 0.3) is 0 Å². The molecule has 3 heterocycles. The Labute approximate surface area is 218 Å². The van der Waals surface area contributed by atoms with Gasteiger partial charge in [-0.3, -0.25) is 14.4 Å². The Balaban J connectivity index is 1.45. The van der Waals surface area contributed by atoms with Gasteiger partial charge in [-0.15, -0.1) is 11.8 Å². The fourth-order valence-electron chi connectivity index (χ4n) is 5.07. The summed E-state index contributed by atoms with van der Waals surface area (Å²) in [5.74, 6) is -1.59. The topological polar surface area (TPSA) is 186 Å². The molecule has 0 aliphatic carbocycles. The van der Waals surface area contributed by atoms with Crippen molar-refractivity contribution in [1.82, 2.24) is 15.5 Å². The van der Waals surface area contributed by atoms with Crippen LogP contribution in [0.4, 0.5) is 0 Å². The van der Waals surface area contributed by atoms with Crippen LogP contribution in [-0.2, 0) is 19.2 Å². The van der Waals surface area contributed by atoms with Gasteiger partial charge in [0.05, 0.1) is 36.6 Å². The first-order valence-electron chi connectivity index (χ1n) is 12.0. The smallest absolute Gasteiger partial charge is 0.353 e. The van der Waals surface area contributed by atoms with Gasteiger partial charge in [0.2, 0.25) is 17.7 Å². The minimum Gasteiger partial charge on any atom is -0.477 e. The first-order valence-corrected chi connectivity index (χ1v) is 14.0. The number of aliphatic carboxylic acids is 1. The van der Waals surface area contributed by atoms with Gasteiger partial charge in [-0.1, -0.05) is 6.92 Å². The zero-order valence-electron chi connectivity index (χ0n) is 20.3. The predicted octanol–water partition coefficient (Wildman–Crippen LogP) is 0.000980. The van der Waals surface area contributed by atoms with Gasteiger partial charge >= 0.3 is 5.97 Å². The van der Waals surface area contributed by atoms with E-state index in [4.69, 9.17) is 11.0 Å². The third-order valence-corrected chi connectivity index (χ3v) is 9.37. The average molecular weight is 540 g/mol. The Morgan fingerprint density at radius 1 is 1.39 bits per heavy atom. The summed E-state index contributed by atoms with van der Waals surface area (Å²) in [4.78, 5) is 49.7. The Morgan fingerprint density at radius 2 is 2.11 bits per heavy atom. The van der Waals surface area contributed by atoms with Crippen molar-refractivity contribution in [3.05, 3.63) is 10.6 Å². The summed E-state index contributed by atoms with van der Waals surface area (Å²) in [6.07, 6.45) is 0.227. The molecule has 6 N–H and O–H groups in total. The number of carboxylic acid groups (broad SMARTS) is 1. The Hall–Kier alpha value is -2.27. The highest BCUT2D eigenvalue weighted by Crippen LogP contribution is 2.51. The number of hydrogen-bond acceptors (Lipinski definition) is 9. The number of aliphatic hydroxyl groups excluding tert-OH is 1. The van der Waals surface area contributed by atoms with Gasteiger partial charge in [0.25, 0.3) is 0 Å². The third-order valence-electron chi connectivity index (χ3n) is 6.73. The van der Waals surface area contributed by atoms with E-state index < -0.39 is 29.9 Å². The molecule has 13 heteroatoms. The fraction of sp³-hybridized carbons (Fsp3) is 0.696. The molecule has 3 amide bonds. The van der Waals surface area contributed by atoms with E-state index in [-0.39, 0.29) is 60.0 Å². The normalized spacial score (nSPS) is 28.8. The highest BCUT2D eigenvalue weighted by Gasteiger charge is 2.60. The summed E-state index contributed by atoms with van der Waals surface area (Å²) >= 11 is 3.13. The van der Waals surface area contributed by atoms with Gasteiger partial charge < -0.3 is 31.5 Å². The number of nitriles is 1. The number of fused-ring (bicyclic) bond motifs is 1. The number of hydrogen-bond donors (Lipinski definition) is 5. The average Bonchev–Trinajstić information content (AvgIpc) is 3.32. The maximum atomic E-state index is 12.5. The van der Waals surface area contributed by atoms with Crippen molar-refractivity contribution in [2.24, 2.45) is 17.6 Å². The maximum Gasteiger partial charge on any atom is 0.353 e. The number of carbonyl (C=O) groups is 4. The Morgan fingerprint density at radius 3 is 2.72 bits per heavy atom. The molecule has 7 atom stereocenters. The number of carbonyl (C=O) groups excluding carboxylic acids is 3. The van der Waals surface area contributed by atoms with Crippen LogP contribution in [0, 0.1) is 23.2 Å². The number of carboxylic acids is 1. The van der Waals surface area contributed by atoms with Crippen molar-refractivity contribution < 1.29 is 29.4 Å². The predicted molar refractivity (Wildman–Crippen MR) is 135 cm³/mol. The van der Waals surface area contributed by atoms with Crippen LogP contribution in [0.5, 0.6) is 0 Å². The van der Waals surface area contributed by atoms with Gasteiger partial charge in [0.15, 0.2) is 0 Å². The number of aliphatic hydroxyl groups is 1. The molecule has 0 radical (unpaired) electrons. The lowest BCUT2D eigenvalue weighted by molar-refractivity contribution is -0.163. The van der Waals surface area contributed by atoms with E-state index in [1.54, 1.807) is 18.7 Å². The highest BCUT2D eigenvalue weighted by molar-refractivity contribution is 8.03. The molecule has 11 nitrogen and oxygen atoms in total. The first-order chi connectivity index (χ1) is 17.0. The second-order valence-electron chi connectivity index (χ2n) is 9.47. The zero-order valence-corrected chi connectivity index (χ0v) is 21.9. The molecule has 2 fully saturated rings. The molecular formula is C23H33N5O6S2. The largest absolute Gasteiger partial charge is 0.477 e. The van der Waals surface area contributed by atoms with Crippen LogP contribution in [0.15, 0.2) is 10.6 Å². The summed E-state index contributed by atoms with van der Waals surface area (Å²) in [7, 11) is 0. The number of primary amides is 1. The maximum absolute atomic E-state index is 12.5. The molecule has 1 unspecified atom stereocenters. The highest BCUT2D eigenvalue weighted by atomic mass is 32.2. The lowest BCUT2D eigenvalue weighted by Crippen LogP contribution is -2.63. The summed E-state index contributed by atoms with van der Waals surface area (Å²) in [5, 5.41) is 34.9. The van der Waals surface area contributed by atoms with Crippen molar-refractivity contribution in [3.8, 4) is 6.07 Å². The number of rotatable bonds is 13. The van der Waals surface area contributed by atoms with Crippen LogP contribution >= 0.6 is 23.5 Å². The molecule has 0 saturated carbocycles. The lowest BCUT2D eigenvalue weighted by Gasteiger charge is -2.46. The Bertz CT molecular complexity index is 967. The first kappa shape index (κ1) is 28.3. The summed E-state index contributed by atoms with van der Waals surface area (Å²) < 4.78 is 0. The Kier molecular flexibility index (Phi) is 9.68. The summed E-state index contributed by atoms with van der Waals surface area (Å²) in [5.41, 5.74) is 5.20. The number of β-lactam (4-membered cyclic amide) rings is 1. The number of nitrogens with one attached hydrogen (secondary N) is 2. The molecule has 0 aromatic rings. The minimum absolute atomic E-state index is 0.0257. The van der Waals surface area contributed by atoms with Gasteiger partial charge in [-0.25, -0.2) is 4.79 Å². The molecular weight excluding hydrogens is 506 g/mol. The van der Waals surface area contributed by atoms with E-state index in [0.29, 0.717) is 17.2 Å². The van der Waals surface area contributed by atoms with Crippen molar-refractivity contribution in [1.29, 1.82) is 5.26 Å². The third kappa shape index (κ3) is 6.34. The van der Waals surface area contributed by atoms with Crippen LogP contribution in [0.3, 0.4) is 0 Å². The van der Waals surface area contributed by atoms with Gasteiger partial charge in [-0.05, 0) is 13.3 Å². The number of nitrogens with two attached hydrogens (primary N) is 1. The molecule has 3 rings (SSSR count). The van der Waals surface area contributed by atoms with E-state index in [9.17, 15) is 29.4 Å². The van der Waals surface area contributed by atoms with Gasteiger partial charge in [0.1, 0.15) is 5.70 Å². The van der Waals surface area contributed by atoms with Crippen LogP contribution in [0.1, 0.15) is 39.5 Å². The number of thioether (sulfide) groups is 2. The van der Waals surface area contributed by atoms with E-state index in [1.807, 2.05) is 13.0 Å². The summed E-state index contributed by atoms with van der Waals surface area (Å²) in [6, 6.07) is 1.27. The van der Waals surface area contributed by atoms with E-state index in [0.717, 1.165) is 12.2 Å². The van der Waals surface area contributed by atoms with Gasteiger partial charge in [0, 0.05) is 53.0 Å². The molecule has 3 aliphatic heterocycles. The SMILES string of the molecule is C[C@@H](O)[C@H]1C(=O)N2C(C(=O)O)=C(S[C@@H]3CN[C@H](CSCCC(=O)NC(CC#N)CC(N)=O)C3)[C@H](C)[C@H]12. The van der Waals surface area contributed by atoms with Crippen molar-refractivity contribution in [3.63, 3.8) is 0 Å². The second-order valence-corrected chi connectivity index (χ2v) is 12.0. The number of amides is 3. The molecule has 0 aromatic carbocycles. The van der Waals surface area contributed by atoms with Crippen molar-refractivity contribution in [2.75, 3.05) is 18.1 Å². The standard InChI is InChI=1S/C23H33N5O6S2/c1-11-19-18(12(2)29)22(32)28(19)20(23(33)34)21(11)36-15-7-14(26-9-15)10-35-6-4-17(31)27-13(3-5-24)8-16(25)30/h11-15,18-19,26,29H,3-4,6-10H2,1-2H3,(H2,25,30)(H,27,31)(H,33,34)/t11-,12-,13?,14+,15+,18-,19-/m1/s1. The van der Waals surface area contributed by atoms with Crippen molar-refractivity contribution >= 4 is 47.2 Å². The second kappa shape index (κ2) is 12.3.